The van der Waals surface area contributed by atoms with Crippen LogP contribution < -0.4 is 4.74 Å². The average Bonchev–Trinajstić information content (AvgIpc) is 2.28. The molecule has 2 unspecified atom stereocenters. The Hall–Kier alpha value is 0.0300. The van der Waals surface area contributed by atoms with E-state index in [0.717, 1.165) is 0 Å². The van der Waals surface area contributed by atoms with E-state index in [-0.39, 0.29) is 0 Å². The molecule has 0 aliphatic carbocycles. The van der Waals surface area contributed by atoms with Crippen LogP contribution in [0.5, 0.6) is 5.75 Å². The Labute approximate surface area is 125 Å². The Morgan fingerprint density at radius 2 is 1.83 bits per heavy atom. The molecule has 0 aliphatic rings. The molecule has 0 radical (unpaired) electrons. The first-order valence-corrected chi connectivity index (χ1v) is 8.67. The van der Waals surface area contributed by atoms with Crippen molar-refractivity contribution in [2.75, 3.05) is 13.4 Å². The van der Waals surface area contributed by atoms with Gasteiger partial charge in [0.2, 0.25) is 0 Å². The van der Waals surface area contributed by atoms with Gasteiger partial charge in [-0.25, -0.2) is 8.42 Å². The third-order valence-corrected chi connectivity index (χ3v) is 6.54. The largest absolute Gasteiger partial charge is 0.495 e. The van der Waals surface area contributed by atoms with Crippen molar-refractivity contribution in [2.24, 2.45) is 0 Å². The van der Waals surface area contributed by atoms with Crippen LogP contribution in [0.15, 0.2) is 12.1 Å². The lowest BCUT2D eigenvalue weighted by Gasteiger charge is -2.19. The van der Waals surface area contributed by atoms with Gasteiger partial charge in [0, 0.05) is 17.3 Å². The molecule has 0 aromatic heterocycles. The van der Waals surface area contributed by atoms with Crippen LogP contribution in [0.1, 0.15) is 17.3 Å². The van der Waals surface area contributed by atoms with Crippen LogP contribution in [0.4, 0.5) is 0 Å². The number of benzene rings is 1. The molecular weight excluding hydrogens is 363 g/mol. The number of rotatable bonds is 4. The molecule has 0 aliphatic heterocycles. The first-order valence-electron chi connectivity index (χ1n) is 5.04. The normalized spacial score (nSPS) is 15.2. The van der Waals surface area contributed by atoms with Crippen LogP contribution in [0.2, 0.25) is 10.0 Å². The Kier molecular flexibility index (Phi) is 5.35. The summed E-state index contributed by atoms with van der Waals surface area (Å²) < 4.78 is 28.1. The van der Waals surface area contributed by atoms with Gasteiger partial charge in [-0.2, -0.15) is 0 Å². The fourth-order valence-electron chi connectivity index (χ4n) is 1.38. The predicted octanol–water partition coefficient (Wildman–Crippen LogP) is 3.87. The van der Waals surface area contributed by atoms with Gasteiger partial charge in [0.15, 0.2) is 9.84 Å². The molecule has 0 saturated heterocycles. The SMILES string of the molecule is COc1cc(Cl)c(C(Br)C(C)S(C)(=O)=O)cc1Cl. The first-order chi connectivity index (χ1) is 8.18. The van der Waals surface area contributed by atoms with E-state index < -0.39 is 19.9 Å². The van der Waals surface area contributed by atoms with Gasteiger partial charge < -0.3 is 4.74 Å². The van der Waals surface area contributed by atoms with Gasteiger partial charge in [0.1, 0.15) is 5.75 Å². The second kappa shape index (κ2) is 5.99. The summed E-state index contributed by atoms with van der Waals surface area (Å²) in [5.41, 5.74) is 0.625. The summed E-state index contributed by atoms with van der Waals surface area (Å²) in [6.07, 6.45) is 1.19. The van der Waals surface area contributed by atoms with Crippen LogP contribution in [0.3, 0.4) is 0 Å². The van der Waals surface area contributed by atoms with Gasteiger partial charge in [-0.05, 0) is 18.6 Å². The van der Waals surface area contributed by atoms with Crippen LogP contribution in [0, 0.1) is 0 Å². The molecule has 0 spiro atoms. The minimum Gasteiger partial charge on any atom is -0.495 e. The zero-order chi connectivity index (χ0) is 14.1. The fraction of sp³-hybridized carbons (Fsp3) is 0.455. The molecule has 18 heavy (non-hydrogen) atoms. The smallest absolute Gasteiger partial charge is 0.151 e. The van der Waals surface area contributed by atoms with Gasteiger partial charge in [-0.1, -0.05) is 39.1 Å². The minimum absolute atomic E-state index is 0.391. The second-order valence-corrected chi connectivity index (χ2v) is 8.15. The molecule has 1 aromatic rings. The number of sulfone groups is 1. The van der Waals surface area contributed by atoms with Gasteiger partial charge >= 0.3 is 0 Å². The number of methoxy groups -OCH3 is 1. The summed E-state index contributed by atoms with van der Waals surface area (Å²) in [6, 6.07) is 3.19. The summed E-state index contributed by atoms with van der Waals surface area (Å²) in [4.78, 5) is -0.427. The zero-order valence-corrected chi connectivity index (χ0v) is 14.0. The van der Waals surface area contributed by atoms with Crippen molar-refractivity contribution < 1.29 is 13.2 Å². The molecule has 0 heterocycles. The van der Waals surface area contributed by atoms with Gasteiger partial charge in [-0.3, -0.25) is 0 Å². The predicted molar refractivity (Wildman–Crippen MR) is 79.0 cm³/mol. The molecule has 0 amide bonds. The zero-order valence-electron chi connectivity index (χ0n) is 10.1. The Morgan fingerprint density at radius 1 is 1.28 bits per heavy atom. The maximum atomic E-state index is 11.5. The number of hydrogen-bond donors (Lipinski definition) is 0. The average molecular weight is 376 g/mol. The Balaban J connectivity index is 3.22. The van der Waals surface area contributed by atoms with E-state index in [1.165, 1.54) is 13.4 Å². The fourth-order valence-corrected chi connectivity index (χ4v) is 4.17. The van der Waals surface area contributed by atoms with E-state index in [1.807, 2.05) is 0 Å². The Bertz CT molecular complexity index is 545. The van der Waals surface area contributed by atoms with E-state index >= 15 is 0 Å². The standard InChI is InChI=1S/C11H13BrCl2O3S/c1-6(18(3,15)16)11(12)7-4-9(14)10(17-2)5-8(7)13/h4-6,11H,1-3H3. The van der Waals surface area contributed by atoms with Crippen molar-refractivity contribution in [3.05, 3.63) is 27.7 Å². The molecule has 1 rings (SSSR count). The molecule has 1 aromatic carbocycles. The molecule has 2 atom stereocenters. The monoisotopic (exact) mass is 374 g/mol. The maximum absolute atomic E-state index is 11.5. The lowest BCUT2D eigenvalue weighted by Crippen LogP contribution is -2.21. The van der Waals surface area contributed by atoms with Crippen LogP contribution >= 0.6 is 39.1 Å². The van der Waals surface area contributed by atoms with E-state index in [9.17, 15) is 8.42 Å². The number of ether oxygens (including phenoxy) is 1. The highest BCUT2D eigenvalue weighted by Crippen LogP contribution is 2.39. The minimum atomic E-state index is -3.18. The molecule has 7 heteroatoms. The molecule has 102 valence electrons. The lowest BCUT2D eigenvalue weighted by molar-refractivity contribution is 0.415. The molecule has 0 saturated carbocycles. The first kappa shape index (κ1) is 16.1. The highest BCUT2D eigenvalue weighted by atomic mass is 79.9. The molecular formula is C11H13BrCl2O3S. The van der Waals surface area contributed by atoms with E-state index in [4.69, 9.17) is 27.9 Å². The van der Waals surface area contributed by atoms with Crippen LogP contribution in [0.25, 0.3) is 0 Å². The highest BCUT2D eigenvalue weighted by molar-refractivity contribution is 9.09. The molecule has 0 bridgehead atoms. The summed E-state index contributed by atoms with van der Waals surface area (Å²) in [5, 5.41) is 0.190. The summed E-state index contributed by atoms with van der Waals surface area (Å²) in [6.45, 7) is 1.61. The number of halogens is 3. The summed E-state index contributed by atoms with van der Waals surface area (Å²) in [5.74, 6) is 0.456. The topological polar surface area (TPSA) is 43.4 Å². The van der Waals surface area contributed by atoms with Crippen LogP contribution in [-0.2, 0) is 9.84 Å². The Morgan fingerprint density at radius 3 is 2.28 bits per heavy atom. The van der Waals surface area contributed by atoms with Crippen molar-refractivity contribution in [3.63, 3.8) is 0 Å². The van der Waals surface area contributed by atoms with Crippen molar-refractivity contribution in [1.82, 2.24) is 0 Å². The van der Waals surface area contributed by atoms with Gasteiger partial charge in [0.25, 0.3) is 0 Å². The van der Waals surface area contributed by atoms with Gasteiger partial charge in [0.05, 0.1) is 22.2 Å². The summed E-state index contributed by atoms with van der Waals surface area (Å²) in [7, 11) is -1.69. The third-order valence-electron chi connectivity index (χ3n) is 2.66. The van der Waals surface area contributed by atoms with E-state index in [2.05, 4.69) is 15.9 Å². The van der Waals surface area contributed by atoms with Gasteiger partial charge in [-0.15, -0.1) is 0 Å². The molecule has 3 nitrogen and oxygen atoms in total. The van der Waals surface area contributed by atoms with Crippen molar-refractivity contribution >= 4 is 49.0 Å². The van der Waals surface area contributed by atoms with E-state index in [0.29, 0.717) is 21.4 Å². The van der Waals surface area contributed by atoms with Crippen molar-refractivity contribution in [2.45, 2.75) is 17.0 Å². The van der Waals surface area contributed by atoms with Crippen molar-refractivity contribution in [1.29, 1.82) is 0 Å². The lowest BCUT2D eigenvalue weighted by atomic mass is 10.1. The third kappa shape index (κ3) is 3.53. The number of alkyl halides is 1. The molecule has 0 fully saturated rings. The second-order valence-electron chi connectivity index (χ2n) is 3.94. The highest BCUT2D eigenvalue weighted by Gasteiger charge is 2.27. The van der Waals surface area contributed by atoms with E-state index in [1.54, 1.807) is 19.1 Å². The maximum Gasteiger partial charge on any atom is 0.151 e. The van der Waals surface area contributed by atoms with Crippen LogP contribution in [-0.4, -0.2) is 27.0 Å². The van der Waals surface area contributed by atoms with Crippen molar-refractivity contribution in [3.8, 4) is 5.75 Å². The quantitative estimate of drug-likeness (QED) is 0.750. The summed E-state index contributed by atoms with van der Waals surface area (Å²) >= 11 is 15.5. The molecule has 0 N–H and O–H groups in total. The number of hydrogen-bond acceptors (Lipinski definition) is 3.